The molecule has 0 saturated carbocycles. The summed E-state index contributed by atoms with van der Waals surface area (Å²) in [5.41, 5.74) is 3.38. The van der Waals surface area contributed by atoms with Gasteiger partial charge in [0, 0.05) is 29.2 Å². The van der Waals surface area contributed by atoms with Crippen molar-refractivity contribution >= 4 is 17.4 Å². The summed E-state index contributed by atoms with van der Waals surface area (Å²) in [7, 11) is 3.44. The first-order valence-corrected chi connectivity index (χ1v) is 8.91. The van der Waals surface area contributed by atoms with Gasteiger partial charge in [0.1, 0.15) is 12.3 Å². The number of ketones is 1. The number of likely N-dealkylation sites (N-methyl/N-ethyl adjacent to an activating group) is 1. The molecule has 1 unspecified atom stereocenters. The van der Waals surface area contributed by atoms with Crippen LogP contribution in [0.1, 0.15) is 21.7 Å². The van der Waals surface area contributed by atoms with E-state index in [2.05, 4.69) is 16.5 Å². The molecule has 0 aliphatic carbocycles. The Kier molecular flexibility index (Phi) is 6.96. The standard InChI is InChI=1S/C21H27N3O3/c1-6-11-24-15(2)12-19(16(24)3)20(25)13-23(4)14-21(26)22-17-7-9-18(27-5)10-8-17/h6-10,12H,1,11,13-14H2,2-5H3,(H,22,26)/p+1. The van der Waals surface area contributed by atoms with Gasteiger partial charge in [-0.25, -0.2) is 0 Å². The number of quaternary nitrogens is 1. The van der Waals surface area contributed by atoms with Crippen LogP contribution in [0.2, 0.25) is 0 Å². The average Bonchev–Trinajstić information content (AvgIpc) is 2.90. The first-order chi connectivity index (χ1) is 12.8. The highest BCUT2D eigenvalue weighted by Gasteiger charge is 2.20. The SMILES string of the molecule is C=CCn1c(C)cc(C(=O)C[NH+](C)CC(=O)Nc2ccc(OC)cc2)c1C. The molecule has 0 radical (unpaired) electrons. The van der Waals surface area contributed by atoms with E-state index in [0.717, 1.165) is 22.0 Å². The van der Waals surface area contributed by atoms with Crippen LogP contribution in [0.4, 0.5) is 5.69 Å². The molecular weight excluding hydrogens is 342 g/mol. The minimum Gasteiger partial charge on any atom is -0.497 e. The van der Waals surface area contributed by atoms with E-state index in [1.54, 1.807) is 31.4 Å². The lowest BCUT2D eigenvalue weighted by atomic mass is 10.1. The molecule has 2 aromatic rings. The third-order valence-electron chi connectivity index (χ3n) is 4.48. The Hall–Kier alpha value is -2.86. The zero-order valence-corrected chi connectivity index (χ0v) is 16.5. The summed E-state index contributed by atoms with van der Waals surface area (Å²) in [5.74, 6) is 0.631. The first kappa shape index (κ1) is 20.5. The summed E-state index contributed by atoms with van der Waals surface area (Å²) < 4.78 is 7.16. The Balaban J connectivity index is 1.93. The van der Waals surface area contributed by atoms with Crippen LogP contribution in [0.25, 0.3) is 0 Å². The lowest BCUT2D eigenvalue weighted by Gasteiger charge is -2.13. The van der Waals surface area contributed by atoms with E-state index in [9.17, 15) is 9.59 Å². The van der Waals surface area contributed by atoms with Crippen LogP contribution in [0.3, 0.4) is 0 Å². The van der Waals surface area contributed by atoms with Crippen molar-refractivity contribution in [1.82, 2.24) is 4.57 Å². The topological polar surface area (TPSA) is 64.8 Å². The molecule has 0 spiro atoms. The van der Waals surface area contributed by atoms with Crippen molar-refractivity contribution in [3.05, 3.63) is 59.9 Å². The number of allylic oxidation sites excluding steroid dienone is 1. The Morgan fingerprint density at radius 3 is 2.48 bits per heavy atom. The van der Waals surface area contributed by atoms with Crippen LogP contribution in [0.15, 0.2) is 43.0 Å². The minimum atomic E-state index is -0.136. The van der Waals surface area contributed by atoms with Crippen molar-refractivity contribution in [3.63, 3.8) is 0 Å². The van der Waals surface area contributed by atoms with Crippen molar-refractivity contribution in [2.45, 2.75) is 20.4 Å². The molecule has 1 atom stereocenters. The van der Waals surface area contributed by atoms with Gasteiger partial charge in [-0.05, 0) is 44.2 Å². The number of amides is 1. The first-order valence-electron chi connectivity index (χ1n) is 8.91. The maximum Gasteiger partial charge on any atom is 0.279 e. The van der Waals surface area contributed by atoms with Gasteiger partial charge in [-0.15, -0.1) is 6.58 Å². The van der Waals surface area contributed by atoms with Gasteiger partial charge < -0.3 is 19.5 Å². The fraction of sp³-hybridized carbons (Fsp3) is 0.333. The van der Waals surface area contributed by atoms with Crippen molar-refractivity contribution in [3.8, 4) is 5.75 Å². The third-order valence-corrected chi connectivity index (χ3v) is 4.48. The van der Waals surface area contributed by atoms with Crippen molar-refractivity contribution < 1.29 is 19.2 Å². The number of aryl methyl sites for hydroxylation is 1. The maximum atomic E-state index is 12.7. The minimum absolute atomic E-state index is 0.0353. The number of hydrogen-bond acceptors (Lipinski definition) is 3. The molecule has 144 valence electrons. The Bertz CT molecular complexity index is 822. The van der Waals surface area contributed by atoms with E-state index in [1.807, 2.05) is 33.0 Å². The van der Waals surface area contributed by atoms with Gasteiger partial charge in [0.15, 0.2) is 6.54 Å². The molecule has 1 heterocycles. The Labute approximate surface area is 160 Å². The van der Waals surface area contributed by atoms with Gasteiger partial charge in [-0.1, -0.05) is 6.08 Å². The summed E-state index contributed by atoms with van der Waals surface area (Å²) in [6.07, 6.45) is 1.81. The number of benzene rings is 1. The summed E-state index contributed by atoms with van der Waals surface area (Å²) in [4.78, 5) is 25.7. The second-order valence-corrected chi connectivity index (χ2v) is 6.69. The number of carbonyl (C=O) groups excluding carboxylic acids is 2. The van der Waals surface area contributed by atoms with E-state index < -0.39 is 0 Å². The molecule has 1 aromatic heterocycles. The molecule has 6 heteroatoms. The Morgan fingerprint density at radius 1 is 1.22 bits per heavy atom. The average molecular weight is 370 g/mol. The number of ether oxygens (including phenoxy) is 1. The lowest BCUT2D eigenvalue weighted by Crippen LogP contribution is -3.11. The number of hydrogen-bond donors (Lipinski definition) is 2. The van der Waals surface area contributed by atoms with E-state index >= 15 is 0 Å². The zero-order chi connectivity index (χ0) is 20.0. The van der Waals surface area contributed by atoms with E-state index in [-0.39, 0.29) is 24.8 Å². The highest BCUT2D eigenvalue weighted by Crippen LogP contribution is 2.16. The van der Waals surface area contributed by atoms with Crippen LogP contribution >= 0.6 is 0 Å². The van der Waals surface area contributed by atoms with E-state index in [0.29, 0.717) is 17.8 Å². The van der Waals surface area contributed by atoms with Gasteiger partial charge in [-0.2, -0.15) is 0 Å². The second kappa shape index (κ2) is 9.19. The fourth-order valence-electron chi connectivity index (χ4n) is 3.08. The summed E-state index contributed by atoms with van der Waals surface area (Å²) in [5, 5.41) is 2.84. The van der Waals surface area contributed by atoms with Crippen LogP contribution in [-0.4, -0.2) is 43.5 Å². The molecule has 0 saturated heterocycles. The van der Waals surface area contributed by atoms with Gasteiger partial charge in [0.2, 0.25) is 5.78 Å². The van der Waals surface area contributed by atoms with Crippen LogP contribution in [-0.2, 0) is 11.3 Å². The molecule has 0 aliphatic heterocycles. The number of anilines is 1. The molecule has 27 heavy (non-hydrogen) atoms. The van der Waals surface area contributed by atoms with E-state index in [1.165, 1.54) is 0 Å². The molecule has 1 amide bonds. The predicted octanol–water partition coefficient (Wildman–Crippen LogP) is 1.64. The maximum absolute atomic E-state index is 12.7. The van der Waals surface area contributed by atoms with E-state index in [4.69, 9.17) is 4.74 Å². The monoisotopic (exact) mass is 370 g/mol. The largest absolute Gasteiger partial charge is 0.497 e. The smallest absolute Gasteiger partial charge is 0.279 e. The highest BCUT2D eigenvalue weighted by molar-refractivity contribution is 5.98. The van der Waals surface area contributed by atoms with Crippen molar-refractivity contribution in [2.75, 3.05) is 32.6 Å². The van der Waals surface area contributed by atoms with Crippen molar-refractivity contribution in [1.29, 1.82) is 0 Å². The number of methoxy groups -OCH3 is 1. The Morgan fingerprint density at radius 2 is 1.89 bits per heavy atom. The number of aromatic nitrogens is 1. The predicted molar refractivity (Wildman–Crippen MR) is 107 cm³/mol. The number of Topliss-reactive ketones (excluding diaryl/α,β-unsaturated/α-hetero) is 1. The van der Waals surface area contributed by atoms with Crippen LogP contribution in [0.5, 0.6) is 5.75 Å². The highest BCUT2D eigenvalue weighted by atomic mass is 16.5. The number of carbonyl (C=O) groups is 2. The quantitative estimate of drug-likeness (QED) is 0.521. The second-order valence-electron chi connectivity index (χ2n) is 6.69. The molecule has 0 aliphatic rings. The van der Waals surface area contributed by atoms with Gasteiger partial charge in [0.05, 0.1) is 14.2 Å². The van der Waals surface area contributed by atoms with Gasteiger partial charge >= 0.3 is 0 Å². The molecule has 0 fully saturated rings. The molecule has 6 nitrogen and oxygen atoms in total. The van der Waals surface area contributed by atoms with Crippen LogP contribution < -0.4 is 15.0 Å². The summed E-state index contributed by atoms with van der Waals surface area (Å²) in [6, 6.07) is 9.05. The molecule has 1 aromatic carbocycles. The number of rotatable bonds is 9. The molecular formula is C21H28N3O3+. The number of nitrogens with one attached hydrogen (secondary N) is 2. The van der Waals surface area contributed by atoms with Gasteiger partial charge in [0.25, 0.3) is 5.91 Å². The van der Waals surface area contributed by atoms with Gasteiger partial charge in [-0.3, -0.25) is 9.59 Å². The number of nitrogens with zero attached hydrogens (tertiary/aromatic N) is 1. The van der Waals surface area contributed by atoms with Crippen molar-refractivity contribution in [2.24, 2.45) is 0 Å². The molecule has 2 rings (SSSR count). The fourth-order valence-corrected chi connectivity index (χ4v) is 3.08. The zero-order valence-electron chi connectivity index (χ0n) is 16.5. The molecule has 2 N–H and O–H groups in total. The lowest BCUT2D eigenvalue weighted by molar-refractivity contribution is -0.861. The molecule has 0 bridgehead atoms. The normalized spacial score (nSPS) is 11.7. The third kappa shape index (κ3) is 5.31. The van der Waals surface area contributed by atoms with Crippen LogP contribution in [0, 0.1) is 13.8 Å². The summed E-state index contributed by atoms with van der Waals surface area (Å²) >= 11 is 0. The summed E-state index contributed by atoms with van der Waals surface area (Å²) in [6.45, 7) is 8.82.